The molecular weight excluding hydrogens is 186 g/mol. The van der Waals surface area contributed by atoms with Gasteiger partial charge in [0, 0.05) is 0 Å². The van der Waals surface area contributed by atoms with Crippen LogP contribution >= 0.6 is 0 Å². The monoisotopic (exact) mass is 197 g/mol. The predicted molar refractivity (Wildman–Crippen MR) is 47.2 cm³/mol. The summed E-state index contributed by atoms with van der Waals surface area (Å²) in [6, 6.07) is 1.53. The molecule has 0 rings (SSSR count). The SMILES string of the molecule is C=C(C#N)C(=O)OC(CC)CC(=O)O. The lowest BCUT2D eigenvalue weighted by Crippen LogP contribution is -2.21. The Morgan fingerprint density at radius 3 is 2.57 bits per heavy atom. The number of carbonyl (C=O) groups is 2. The largest absolute Gasteiger partial charge is 0.481 e. The van der Waals surface area contributed by atoms with Gasteiger partial charge in [-0.25, -0.2) is 4.79 Å². The van der Waals surface area contributed by atoms with Gasteiger partial charge in [0.2, 0.25) is 0 Å². The number of carboxylic acid groups (broad SMARTS) is 1. The molecule has 76 valence electrons. The van der Waals surface area contributed by atoms with Crippen molar-refractivity contribution in [2.24, 2.45) is 0 Å². The number of carboxylic acids is 1. The van der Waals surface area contributed by atoms with E-state index in [2.05, 4.69) is 6.58 Å². The zero-order chi connectivity index (χ0) is 11.1. The average Bonchev–Trinajstić information content (AvgIpc) is 2.14. The molecule has 14 heavy (non-hydrogen) atoms. The molecule has 0 radical (unpaired) electrons. The zero-order valence-electron chi connectivity index (χ0n) is 7.82. The fraction of sp³-hybridized carbons (Fsp3) is 0.444. The van der Waals surface area contributed by atoms with Crippen LogP contribution in [-0.4, -0.2) is 23.1 Å². The first kappa shape index (κ1) is 12.2. The molecule has 0 saturated carbocycles. The molecule has 0 aromatic heterocycles. The quantitative estimate of drug-likeness (QED) is 0.401. The molecule has 0 amide bonds. The number of hydrogen-bond donors (Lipinski definition) is 1. The molecule has 0 aliphatic rings. The molecule has 0 aromatic carbocycles. The van der Waals surface area contributed by atoms with Crippen molar-refractivity contribution < 1.29 is 19.4 Å². The molecule has 0 spiro atoms. The number of carbonyl (C=O) groups excluding carboxylic acids is 1. The van der Waals surface area contributed by atoms with Crippen molar-refractivity contribution in [2.45, 2.75) is 25.9 Å². The number of aliphatic carboxylic acids is 1. The lowest BCUT2D eigenvalue weighted by atomic mass is 10.2. The average molecular weight is 197 g/mol. The number of hydrogen-bond acceptors (Lipinski definition) is 4. The van der Waals surface area contributed by atoms with Crippen LogP contribution in [0, 0.1) is 11.3 Å². The van der Waals surface area contributed by atoms with Crippen molar-refractivity contribution in [1.82, 2.24) is 0 Å². The zero-order valence-corrected chi connectivity index (χ0v) is 7.82. The van der Waals surface area contributed by atoms with Gasteiger partial charge in [0.05, 0.1) is 6.42 Å². The van der Waals surface area contributed by atoms with Gasteiger partial charge >= 0.3 is 11.9 Å². The molecule has 1 N–H and O–H groups in total. The Bertz CT molecular complexity index is 290. The van der Waals surface area contributed by atoms with Gasteiger partial charge in [0.25, 0.3) is 0 Å². The maximum Gasteiger partial charge on any atom is 0.348 e. The molecule has 0 aliphatic heterocycles. The van der Waals surface area contributed by atoms with E-state index in [1.165, 1.54) is 6.07 Å². The van der Waals surface area contributed by atoms with E-state index in [1.807, 2.05) is 0 Å². The number of nitrogens with zero attached hydrogens (tertiary/aromatic N) is 1. The Hall–Kier alpha value is -1.83. The molecule has 5 heteroatoms. The normalized spacial score (nSPS) is 11.1. The van der Waals surface area contributed by atoms with Gasteiger partial charge in [-0.05, 0) is 6.42 Å². The highest BCUT2D eigenvalue weighted by atomic mass is 16.5. The van der Waals surface area contributed by atoms with Crippen molar-refractivity contribution in [2.75, 3.05) is 0 Å². The van der Waals surface area contributed by atoms with E-state index >= 15 is 0 Å². The molecule has 1 atom stereocenters. The molecule has 1 unspecified atom stereocenters. The standard InChI is InChI=1S/C9H11NO4/c1-3-7(4-8(11)12)14-9(13)6(2)5-10/h7H,2-4H2,1H3,(H,11,12). The van der Waals surface area contributed by atoms with Gasteiger partial charge in [-0.1, -0.05) is 13.5 Å². The molecule has 0 bridgehead atoms. The Balaban J connectivity index is 4.20. The highest BCUT2D eigenvalue weighted by Gasteiger charge is 2.17. The summed E-state index contributed by atoms with van der Waals surface area (Å²) in [6.07, 6.45) is -0.581. The minimum Gasteiger partial charge on any atom is -0.481 e. The minimum atomic E-state index is -1.05. The first-order valence-electron chi connectivity index (χ1n) is 4.03. The maximum absolute atomic E-state index is 11.0. The second-order valence-corrected chi connectivity index (χ2v) is 2.62. The smallest absolute Gasteiger partial charge is 0.348 e. The van der Waals surface area contributed by atoms with Gasteiger partial charge in [-0.3, -0.25) is 4.79 Å². The summed E-state index contributed by atoms with van der Waals surface area (Å²) in [7, 11) is 0. The van der Waals surface area contributed by atoms with Crippen LogP contribution in [0.25, 0.3) is 0 Å². The third-order valence-corrected chi connectivity index (χ3v) is 1.51. The Morgan fingerprint density at radius 1 is 1.64 bits per heavy atom. The highest BCUT2D eigenvalue weighted by molar-refractivity contribution is 5.92. The number of ether oxygens (including phenoxy) is 1. The van der Waals surface area contributed by atoms with Crippen molar-refractivity contribution in [3.05, 3.63) is 12.2 Å². The van der Waals surface area contributed by atoms with Crippen LogP contribution in [0.3, 0.4) is 0 Å². The fourth-order valence-corrected chi connectivity index (χ4v) is 0.732. The number of rotatable bonds is 5. The van der Waals surface area contributed by atoms with Crippen molar-refractivity contribution in [1.29, 1.82) is 5.26 Å². The van der Waals surface area contributed by atoms with Crippen molar-refractivity contribution in [3.8, 4) is 6.07 Å². The van der Waals surface area contributed by atoms with Gasteiger partial charge in [-0.15, -0.1) is 0 Å². The second kappa shape index (κ2) is 5.75. The van der Waals surface area contributed by atoms with Crippen LogP contribution < -0.4 is 0 Å². The number of esters is 1. The molecule has 0 aliphatic carbocycles. The Morgan fingerprint density at radius 2 is 2.21 bits per heavy atom. The van der Waals surface area contributed by atoms with Crippen LogP contribution in [0.1, 0.15) is 19.8 Å². The fourth-order valence-electron chi connectivity index (χ4n) is 0.732. The summed E-state index contributed by atoms with van der Waals surface area (Å²) in [4.78, 5) is 21.3. The number of nitriles is 1. The molecule has 0 aromatic rings. The summed E-state index contributed by atoms with van der Waals surface area (Å²) >= 11 is 0. The van der Waals surface area contributed by atoms with Crippen LogP contribution in [0.5, 0.6) is 0 Å². The molecule has 0 heterocycles. The van der Waals surface area contributed by atoms with E-state index < -0.39 is 18.0 Å². The lowest BCUT2D eigenvalue weighted by molar-refractivity contribution is -0.149. The summed E-state index contributed by atoms with van der Waals surface area (Å²) in [5.41, 5.74) is -0.325. The van der Waals surface area contributed by atoms with E-state index in [-0.39, 0.29) is 12.0 Å². The maximum atomic E-state index is 11.0. The first-order valence-corrected chi connectivity index (χ1v) is 4.03. The van der Waals surface area contributed by atoms with Gasteiger partial charge < -0.3 is 9.84 Å². The highest BCUT2D eigenvalue weighted by Crippen LogP contribution is 2.06. The van der Waals surface area contributed by atoms with Gasteiger partial charge in [0.1, 0.15) is 17.7 Å². The first-order chi connectivity index (χ1) is 6.51. The molecule has 0 saturated heterocycles. The van der Waals surface area contributed by atoms with Crippen molar-refractivity contribution in [3.63, 3.8) is 0 Å². The summed E-state index contributed by atoms with van der Waals surface area (Å²) in [6.45, 7) is 4.85. The Kier molecular flexibility index (Phi) is 5.00. The van der Waals surface area contributed by atoms with E-state index in [9.17, 15) is 9.59 Å². The van der Waals surface area contributed by atoms with Crippen molar-refractivity contribution >= 4 is 11.9 Å². The summed E-state index contributed by atoms with van der Waals surface area (Å²) in [5, 5.41) is 16.8. The van der Waals surface area contributed by atoms with Gasteiger partial charge in [0.15, 0.2) is 0 Å². The predicted octanol–water partition coefficient (Wildman–Crippen LogP) is 0.863. The molecule has 5 nitrogen and oxygen atoms in total. The molecular formula is C9H11NO4. The molecule has 0 fully saturated rings. The third kappa shape index (κ3) is 4.26. The van der Waals surface area contributed by atoms with Crippen LogP contribution in [0.15, 0.2) is 12.2 Å². The van der Waals surface area contributed by atoms with E-state index in [4.69, 9.17) is 15.1 Å². The van der Waals surface area contributed by atoms with Crippen LogP contribution in [-0.2, 0) is 14.3 Å². The van der Waals surface area contributed by atoms with E-state index in [0.29, 0.717) is 6.42 Å². The van der Waals surface area contributed by atoms with E-state index in [1.54, 1.807) is 6.92 Å². The lowest BCUT2D eigenvalue weighted by Gasteiger charge is -2.12. The second-order valence-electron chi connectivity index (χ2n) is 2.62. The Labute approximate surface area is 81.6 Å². The van der Waals surface area contributed by atoms with Crippen LogP contribution in [0.4, 0.5) is 0 Å². The van der Waals surface area contributed by atoms with Crippen LogP contribution in [0.2, 0.25) is 0 Å². The minimum absolute atomic E-state index is 0.263. The third-order valence-electron chi connectivity index (χ3n) is 1.51. The summed E-state index contributed by atoms with van der Waals surface area (Å²) < 4.78 is 4.72. The van der Waals surface area contributed by atoms with Gasteiger partial charge in [-0.2, -0.15) is 5.26 Å². The summed E-state index contributed by atoms with van der Waals surface area (Å²) in [5.74, 6) is -1.91. The van der Waals surface area contributed by atoms with E-state index in [0.717, 1.165) is 0 Å². The topological polar surface area (TPSA) is 87.4 Å².